The summed E-state index contributed by atoms with van der Waals surface area (Å²) in [6.45, 7) is 2.08. The molecule has 1 aliphatic rings. The average molecular weight is 302 g/mol. The first-order valence-electron chi connectivity index (χ1n) is 5.29. The highest BCUT2D eigenvalue weighted by Gasteiger charge is 2.28. The fraction of sp³-hybridized carbons (Fsp3) is 0.400. The van der Waals surface area contributed by atoms with E-state index in [9.17, 15) is 14.4 Å². The van der Waals surface area contributed by atoms with Crippen molar-refractivity contribution in [2.24, 2.45) is 0 Å². The number of amides is 2. The number of rotatable bonds is 4. The van der Waals surface area contributed by atoms with E-state index in [0.717, 1.165) is 28.0 Å². The Bertz CT molecular complexity index is 542. The van der Waals surface area contributed by atoms with Crippen LogP contribution in [0, 0.1) is 6.92 Å². The van der Waals surface area contributed by atoms with Gasteiger partial charge in [-0.2, -0.15) is 0 Å². The Morgan fingerprint density at radius 3 is 2.84 bits per heavy atom. The molecule has 2 amide bonds. The van der Waals surface area contributed by atoms with Gasteiger partial charge in [-0.25, -0.2) is 19.5 Å². The first kappa shape index (κ1) is 13.8. The number of carboxylic acid groups (broad SMARTS) is 1. The van der Waals surface area contributed by atoms with Crippen molar-refractivity contribution < 1.29 is 24.2 Å². The Morgan fingerprint density at radius 2 is 2.32 bits per heavy atom. The normalized spacial score (nSPS) is 14.6. The molecule has 0 spiro atoms. The minimum Gasteiger partial charge on any atom is -0.477 e. The molecule has 0 saturated carbocycles. The molecule has 1 aromatic rings. The Labute approximate surface area is 116 Å². The lowest BCUT2D eigenvalue weighted by Gasteiger charge is -2.08. The third-order valence-electron chi connectivity index (χ3n) is 2.35. The van der Waals surface area contributed by atoms with Crippen LogP contribution in [-0.4, -0.2) is 51.9 Å². The summed E-state index contributed by atoms with van der Waals surface area (Å²) >= 11 is 2.13. The summed E-state index contributed by atoms with van der Waals surface area (Å²) in [5.74, 6) is -1.37. The summed E-state index contributed by atoms with van der Waals surface area (Å²) in [6.07, 6.45) is -0.632. The smallest absolute Gasteiger partial charge is 0.416 e. The zero-order valence-corrected chi connectivity index (χ0v) is 11.5. The fourth-order valence-electron chi connectivity index (χ4n) is 1.45. The number of thioether (sulfide) groups is 1. The molecule has 1 aromatic heterocycles. The van der Waals surface area contributed by atoms with Gasteiger partial charge < -0.3 is 9.84 Å². The summed E-state index contributed by atoms with van der Waals surface area (Å²) in [5, 5.41) is 8.89. The van der Waals surface area contributed by atoms with Crippen molar-refractivity contribution in [2.45, 2.75) is 11.3 Å². The quantitative estimate of drug-likeness (QED) is 0.835. The maximum atomic E-state index is 11.7. The van der Waals surface area contributed by atoms with E-state index in [0.29, 0.717) is 10.0 Å². The van der Waals surface area contributed by atoms with Crippen molar-refractivity contribution in [3.63, 3.8) is 0 Å². The number of carbonyl (C=O) groups is 3. The Hall–Kier alpha value is -1.61. The van der Waals surface area contributed by atoms with Crippen LogP contribution in [0.2, 0.25) is 0 Å². The van der Waals surface area contributed by atoms with Gasteiger partial charge in [0.05, 0.1) is 18.0 Å². The standard InChI is InChI=1S/C10H10N2O5S2/c1-5-7(8(14)15)19-9(11-5)18-4-6(13)12-2-3-17-10(12)16/h2-4H2,1H3,(H,14,15). The molecule has 0 atom stereocenters. The number of hydrogen-bond donors (Lipinski definition) is 1. The molecule has 0 unspecified atom stereocenters. The van der Waals surface area contributed by atoms with E-state index in [1.807, 2.05) is 0 Å². The lowest BCUT2D eigenvalue weighted by molar-refractivity contribution is -0.125. The minimum absolute atomic E-state index is 0.0289. The number of carbonyl (C=O) groups excluding carboxylic acids is 2. The van der Waals surface area contributed by atoms with Gasteiger partial charge in [0.2, 0.25) is 5.91 Å². The highest BCUT2D eigenvalue weighted by molar-refractivity contribution is 8.01. The molecule has 0 aromatic carbocycles. The number of ether oxygens (including phenoxy) is 1. The molecule has 7 nitrogen and oxygen atoms in total. The first-order valence-corrected chi connectivity index (χ1v) is 7.10. The van der Waals surface area contributed by atoms with Gasteiger partial charge in [0.25, 0.3) is 0 Å². The van der Waals surface area contributed by atoms with Crippen LogP contribution in [0.3, 0.4) is 0 Å². The maximum absolute atomic E-state index is 11.7. The van der Waals surface area contributed by atoms with Crippen LogP contribution >= 0.6 is 23.1 Å². The fourth-order valence-corrected chi connectivity index (χ4v) is 3.36. The van der Waals surface area contributed by atoms with Crippen LogP contribution in [0.25, 0.3) is 0 Å². The van der Waals surface area contributed by atoms with Crippen molar-refractivity contribution in [3.05, 3.63) is 10.6 Å². The second-order valence-electron chi connectivity index (χ2n) is 3.65. The zero-order valence-electron chi connectivity index (χ0n) is 9.91. The number of aromatic nitrogens is 1. The molecule has 102 valence electrons. The van der Waals surface area contributed by atoms with E-state index >= 15 is 0 Å². The number of thiazole rings is 1. The number of aromatic carboxylic acids is 1. The van der Waals surface area contributed by atoms with Gasteiger partial charge in [-0.15, -0.1) is 11.3 Å². The SMILES string of the molecule is Cc1nc(SCC(=O)N2CCOC2=O)sc1C(=O)O. The highest BCUT2D eigenvalue weighted by atomic mass is 32.2. The first-order chi connectivity index (χ1) is 8.99. The van der Waals surface area contributed by atoms with Gasteiger partial charge >= 0.3 is 12.1 Å². The zero-order chi connectivity index (χ0) is 14.0. The van der Waals surface area contributed by atoms with Gasteiger partial charge in [-0.1, -0.05) is 11.8 Å². The number of carboxylic acids is 1. The molecule has 2 rings (SSSR count). The Morgan fingerprint density at radius 1 is 1.58 bits per heavy atom. The van der Waals surface area contributed by atoms with Crippen molar-refractivity contribution in [3.8, 4) is 0 Å². The molecular formula is C10H10N2O5S2. The molecule has 1 saturated heterocycles. The van der Waals surface area contributed by atoms with E-state index in [4.69, 9.17) is 5.11 Å². The van der Waals surface area contributed by atoms with E-state index in [1.54, 1.807) is 6.92 Å². The molecule has 9 heteroatoms. The minimum atomic E-state index is -1.03. The highest BCUT2D eigenvalue weighted by Crippen LogP contribution is 2.27. The van der Waals surface area contributed by atoms with Crippen LogP contribution < -0.4 is 0 Å². The van der Waals surface area contributed by atoms with Crippen LogP contribution in [-0.2, 0) is 9.53 Å². The molecule has 1 fully saturated rings. The molecule has 1 aliphatic heterocycles. The molecule has 0 aliphatic carbocycles. The van der Waals surface area contributed by atoms with E-state index < -0.39 is 12.1 Å². The summed E-state index contributed by atoms with van der Waals surface area (Å²) in [6, 6.07) is 0. The van der Waals surface area contributed by atoms with Gasteiger partial charge in [-0.3, -0.25) is 4.79 Å². The van der Waals surface area contributed by atoms with Crippen molar-refractivity contribution in [1.29, 1.82) is 0 Å². The molecular weight excluding hydrogens is 292 g/mol. The van der Waals surface area contributed by atoms with E-state index in [1.165, 1.54) is 0 Å². The number of nitrogens with zero attached hydrogens (tertiary/aromatic N) is 2. The lowest BCUT2D eigenvalue weighted by atomic mass is 10.4. The topological polar surface area (TPSA) is 96.8 Å². The van der Waals surface area contributed by atoms with Gasteiger partial charge in [0, 0.05) is 0 Å². The molecule has 19 heavy (non-hydrogen) atoms. The Balaban J connectivity index is 1.95. The monoisotopic (exact) mass is 302 g/mol. The summed E-state index contributed by atoms with van der Waals surface area (Å²) < 4.78 is 5.16. The summed E-state index contributed by atoms with van der Waals surface area (Å²) in [5.41, 5.74) is 0.424. The number of cyclic esters (lactones) is 1. The average Bonchev–Trinajstić information content (AvgIpc) is 2.92. The third-order valence-corrected chi connectivity index (χ3v) is 4.63. The molecule has 0 bridgehead atoms. The largest absolute Gasteiger partial charge is 0.477 e. The van der Waals surface area contributed by atoms with Crippen LogP contribution in [0.4, 0.5) is 4.79 Å². The summed E-state index contributed by atoms with van der Waals surface area (Å²) in [4.78, 5) is 39.0. The van der Waals surface area contributed by atoms with Crippen molar-refractivity contribution in [1.82, 2.24) is 9.88 Å². The van der Waals surface area contributed by atoms with Crippen molar-refractivity contribution >= 4 is 41.1 Å². The predicted octanol–water partition coefficient (Wildman–Crippen LogP) is 1.22. The van der Waals surface area contributed by atoms with Crippen LogP contribution in [0.5, 0.6) is 0 Å². The second-order valence-corrected chi connectivity index (χ2v) is 5.87. The second kappa shape index (κ2) is 5.57. The van der Waals surface area contributed by atoms with Gasteiger partial charge in [-0.05, 0) is 6.92 Å². The summed E-state index contributed by atoms with van der Waals surface area (Å²) in [7, 11) is 0. The number of aryl methyl sites for hydroxylation is 1. The van der Waals surface area contributed by atoms with Gasteiger partial charge in [0.1, 0.15) is 11.5 Å². The molecule has 0 radical (unpaired) electrons. The Kier molecular flexibility index (Phi) is 4.05. The maximum Gasteiger partial charge on any atom is 0.416 e. The molecule has 1 N–H and O–H groups in total. The van der Waals surface area contributed by atoms with Crippen LogP contribution in [0.1, 0.15) is 15.4 Å². The van der Waals surface area contributed by atoms with E-state index in [-0.39, 0.29) is 29.7 Å². The van der Waals surface area contributed by atoms with Crippen LogP contribution in [0.15, 0.2) is 4.34 Å². The third kappa shape index (κ3) is 3.04. The number of hydrogen-bond acceptors (Lipinski definition) is 7. The number of imide groups is 1. The molecule has 2 heterocycles. The van der Waals surface area contributed by atoms with Gasteiger partial charge in [0.15, 0.2) is 4.34 Å². The van der Waals surface area contributed by atoms with E-state index in [2.05, 4.69) is 9.72 Å². The predicted molar refractivity (Wildman–Crippen MR) is 67.6 cm³/mol. The van der Waals surface area contributed by atoms with Crippen molar-refractivity contribution in [2.75, 3.05) is 18.9 Å². The lowest BCUT2D eigenvalue weighted by Crippen LogP contribution is -2.32.